The molecule has 1 spiro atoms. The maximum Gasteiger partial charge on any atom is 0.263 e. The quantitative estimate of drug-likeness (QED) is 0.209. The van der Waals surface area contributed by atoms with Crippen LogP contribution in [-0.4, -0.2) is 4.57 Å². The Kier molecular flexibility index (Phi) is 5.18. The second-order valence-electron chi connectivity index (χ2n) is 11.8. The Bertz CT molecular complexity index is 2240. The molecule has 0 saturated carbocycles. The summed E-state index contributed by atoms with van der Waals surface area (Å²) in [6, 6.07) is 51.4. The van der Waals surface area contributed by atoms with Crippen LogP contribution in [-0.2, 0) is 5.41 Å². The number of pyridine rings is 1. The highest BCUT2D eigenvalue weighted by atomic mass is 16.1. The first-order chi connectivity index (χ1) is 21.7. The molecule has 6 aromatic carbocycles. The standard InChI is InChI=1S/C41H28N2O/c1-27-26-42(28-13-3-2-4-14-28)40(44)33-25-29(23-24-30(27)33)43-38-21-11-9-19-36(38)41(37-20-10-12-22-39(37)43)34-17-7-5-15-31(34)32-16-6-8-18-35(32)41/h2-26H,1H3. The molecule has 0 atom stereocenters. The van der Waals surface area contributed by atoms with Crippen molar-refractivity contribution in [3.05, 3.63) is 190 Å². The Labute approximate surface area is 255 Å². The van der Waals surface area contributed by atoms with E-state index in [-0.39, 0.29) is 5.56 Å². The van der Waals surface area contributed by atoms with E-state index < -0.39 is 5.41 Å². The number of anilines is 3. The molecule has 208 valence electrons. The molecular formula is C41H28N2O. The average molecular weight is 565 g/mol. The molecule has 0 amide bonds. The monoisotopic (exact) mass is 564 g/mol. The van der Waals surface area contributed by atoms with Gasteiger partial charge in [0.2, 0.25) is 0 Å². The van der Waals surface area contributed by atoms with Crippen molar-refractivity contribution in [3.63, 3.8) is 0 Å². The lowest BCUT2D eigenvalue weighted by Crippen LogP contribution is -2.36. The number of rotatable bonds is 2. The van der Waals surface area contributed by atoms with Gasteiger partial charge in [-0.15, -0.1) is 0 Å². The topological polar surface area (TPSA) is 25.2 Å². The van der Waals surface area contributed by atoms with Crippen LogP contribution in [0.5, 0.6) is 0 Å². The van der Waals surface area contributed by atoms with Crippen LogP contribution in [0.4, 0.5) is 17.1 Å². The summed E-state index contributed by atoms with van der Waals surface area (Å²) in [5.74, 6) is 0. The van der Waals surface area contributed by atoms with Gasteiger partial charge in [0.25, 0.3) is 5.56 Å². The van der Waals surface area contributed by atoms with Crippen molar-refractivity contribution in [1.82, 2.24) is 4.57 Å². The normalized spacial score (nSPS) is 13.8. The van der Waals surface area contributed by atoms with Crippen LogP contribution in [0.1, 0.15) is 27.8 Å². The average Bonchev–Trinajstić information content (AvgIpc) is 3.38. The van der Waals surface area contributed by atoms with Gasteiger partial charge >= 0.3 is 0 Å². The molecule has 1 aliphatic heterocycles. The smallest absolute Gasteiger partial charge is 0.263 e. The first-order valence-corrected chi connectivity index (χ1v) is 15.1. The third-order valence-electron chi connectivity index (χ3n) is 9.54. The minimum Gasteiger partial charge on any atom is -0.310 e. The predicted molar refractivity (Wildman–Crippen MR) is 180 cm³/mol. The third kappa shape index (κ3) is 3.18. The molecule has 0 fully saturated rings. The molecule has 2 heterocycles. The lowest BCUT2D eigenvalue weighted by molar-refractivity contribution is 0.752. The fourth-order valence-corrected chi connectivity index (χ4v) is 7.76. The second-order valence-corrected chi connectivity index (χ2v) is 11.8. The Balaban J connectivity index is 1.34. The van der Waals surface area contributed by atoms with Gasteiger partial charge < -0.3 is 4.90 Å². The van der Waals surface area contributed by atoms with E-state index in [1.165, 1.54) is 33.4 Å². The molecule has 44 heavy (non-hydrogen) atoms. The highest BCUT2D eigenvalue weighted by Crippen LogP contribution is 2.63. The summed E-state index contributed by atoms with van der Waals surface area (Å²) in [6.07, 6.45) is 1.95. The molecule has 0 unspecified atom stereocenters. The van der Waals surface area contributed by atoms with Crippen molar-refractivity contribution in [2.45, 2.75) is 12.3 Å². The summed E-state index contributed by atoms with van der Waals surface area (Å²) in [5.41, 5.74) is 12.3. The van der Waals surface area contributed by atoms with Gasteiger partial charge in [-0.1, -0.05) is 109 Å². The number of benzene rings is 6. The Morgan fingerprint density at radius 1 is 0.500 bits per heavy atom. The SMILES string of the molecule is Cc1cn(-c2ccccc2)c(=O)c2cc(N3c4ccccc4C4(c5ccccc5-c5ccccc54)c4ccccc43)ccc12. The summed E-state index contributed by atoms with van der Waals surface area (Å²) in [6.45, 7) is 2.07. The zero-order valence-electron chi connectivity index (χ0n) is 24.2. The van der Waals surface area contributed by atoms with Gasteiger partial charge in [-0.25, -0.2) is 0 Å². The van der Waals surface area contributed by atoms with Crippen molar-refractivity contribution < 1.29 is 0 Å². The fourth-order valence-electron chi connectivity index (χ4n) is 7.76. The Morgan fingerprint density at radius 2 is 1.02 bits per heavy atom. The summed E-state index contributed by atoms with van der Waals surface area (Å²) in [4.78, 5) is 16.4. The number of fused-ring (bicyclic) bond motifs is 10. The summed E-state index contributed by atoms with van der Waals surface area (Å²) < 4.78 is 1.76. The van der Waals surface area contributed by atoms with E-state index in [0.29, 0.717) is 5.39 Å². The van der Waals surface area contributed by atoms with Gasteiger partial charge in [-0.3, -0.25) is 9.36 Å². The van der Waals surface area contributed by atoms with Crippen LogP contribution in [0.15, 0.2) is 157 Å². The molecule has 1 aromatic heterocycles. The van der Waals surface area contributed by atoms with Crippen LogP contribution in [0, 0.1) is 6.92 Å². The first-order valence-electron chi connectivity index (χ1n) is 15.1. The molecule has 3 heteroatoms. The maximum absolute atomic E-state index is 14.0. The molecule has 0 bridgehead atoms. The third-order valence-corrected chi connectivity index (χ3v) is 9.54. The Morgan fingerprint density at radius 3 is 1.64 bits per heavy atom. The number of aryl methyl sites for hydroxylation is 1. The van der Waals surface area contributed by atoms with Crippen LogP contribution < -0.4 is 10.5 Å². The summed E-state index contributed by atoms with van der Waals surface area (Å²) in [5, 5.41) is 1.68. The largest absolute Gasteiger partial charge is 0.310 e. The summed E-state index contributed by atoms with van der Waals surface area (Å²) >= 11 is 0. The molecule has 0 radical (unpaired) electrons. The number of nitrogens with zero attached hydrogens (tertiary/aromatic N) is 2. The molecule has 1 aliphatic carbocycles. The number of para-hydroxylation sites is 3. The van der Waals surface area contributed by atoms with Crippen molar-refractivity contribution in [1.29, 1.82) is 0 Å². The zero-order valence-corrected chi connectivity index (χ0v) is 24.2. The van der Waals surface area contributed by atoms with Gasteiger partial charge in [-0.05, 0) is 87.7 Å². The Hall–Kier alpha value is -5.67. The van der Waals surface area contributed by atoms with E-state index in [1.54, 1.807) is 4.57 Å². The predicted octanol–water partition coefficient (Wildman–Crippen LogP) is 9.45. The van der Waals surface area contributed by atoms with Gasteiger partial charge in [0.15, 0.2) is 0 Å². The summed E-state index contributed by atoms with van der Waals surface area (Å²) in [7, 11) is 0. The number of aromatic nitrogens is 1. The second kappa shape index (κ2) is 9.16. The highest BCUT2D eigenvalue weighted by molar-refractivity contribution is 5.97. The van der Waals surface area contributed by atoms with E-state index in [1.807, 2.05) is 36.5 Å². The lowest BCUT2D eigenvalue weighted by atomic mass is 9.64. The molecule has 7 aromatic rings. The van der Waals surface area contributed by atoms with Crippen LogP contribution >= 0.6 is 0 Å². The van der Waals surface area contributed by atoms with Crippen LogP contribution in [0.2, 0.25) is 0 Å². The van der Waals surface area contributed by atoms with Crippen LogP contribution in [0.25, 0.3) is 27.6 Å². The van der Waals surface area contributed by atoms with Crippen LogP contribution in [0.3, 0.4) is 0 Å². The molecular weight excluding hydrogens is 536 g/mol. The van der Waals surface area contributed by atoms with E-state index in [9.17, 15) is 4.79 Å². The number of hydrogen-bond acceptors (Lipinski definition) is 2. The van der Waals surface area contributed by atoms with Gasteiger partial charge in [-0.2, -0.15) is 0 Å². The molecule has 0 N–H and O–H groups in total. The lowest BCUT2D eigenvalue weighted by Gasteiger charge is -2.45. The molecule has 3 nitrogen and oxygen atoms in total. The van der Waals surface area contributed by atoms with Crippen molar-refractivity contribution in [2.75, 3.05) is 4.90 Å². The number of hydrogen-bond donors (Lipinski definition) is 0. The highest BCUT2D eigenvalue weighted by Gasteiger charge is 2.51. The maximum atomic E-state index is 14.0. The molecule has 2 aliphatic rings. The molecule has 9 rings (SSSR count). The van der Waals surface area contributed by atoms with E-state index in [4.69, 9.17) is 0 Å². The first kappa shape index (κ1) is 24.9. The van der Waals surface area contributed by atoms with Crippen molar-refractivity contribution in [2.24, 2.45) is 0 Å². The van der Waals surface area contributed by atoms with Gasteiger partial charge in [0, 0.05) is 23.0 Å². The van der Waals surface area contributed by atoms with E-state index in [0.717, 1.165) is 33.7 Å². The van der Waals surface area contributed by atoms with Gasteiger partial charge in [0.1, 0.15) is 0 Å². The minimum absolute atomic E-state index is 0.0210. The minimum atomic E-state index is -0.454. The van der Waals surface area contributed by atoms with E-state index >= 15 is 0 Å². The van der Waals surface area contributed by atoms with Gasteiger partial charge in [0.05, 0.1) is 16.8 Å². The van der Waals surface area contributed by atoms with Crippen molar-refractivity contribution >= 4 is 27.8 Å². The van der Waals surface area contributed by atoms with Crippen molar-refractivity contribution in [3.8, 4) is 16.8 Å². The van der Waals surface area contributed by atoms with E-state index in [2.05, 4.69) is 127 Å². The molecule has 0 saturated heterocycles. The fraction of sp³-hybridized carbons (Fsp3) is 0.0488. The zero-order chi connectivity index (χ0) is 29.4.